The van der Waals surface area contributed by atoms with Gasteiger partial charge in [0.15, 0.2) is 0 Å². The Labute approximate surface area is 84.9 Å². The van der Waals surface area contributed by atoms with Crippen LogP contribution in [0, 0.1) is 6.92 Å². The molecule has 0 saturated heterocycles. The Morgan fingerprint density at radius 3 is 2.79 bits per heavy atom. The molecule has 0 radical (unpaired) electrons. The van der Waals surface area contributed by atoms with Gasteiger partial charge in [-0.15, -0.1) is 0 Å². The number of methoxy groups -OCH3 is 1. The molecule has 1 aromatic rings. The van der Waals surface area contributed by atoms with E-state index < -0.39 is 0 Å². The number of aromatic nitrogens is 1. The van der Waals surface area contributed by atoms with Crippen LogP contribution in [0.1, 0.15) is 37.0 Å². The summed E-state index contributed by atoms with van der Waals surface area (Å²) in [4.78, 5) is 0. The molecule has 3 heteroatoms. The van der Waals surface area contributed by atoms with Gasteiger partial charge >= 0.3 is 0 Å². The van der Waals surface area contributed by atoms with E-state index in [9.17, 15) is 5.21 Å². The second-order valence-electron chi connectivity index (χ2n) is 3.48. The van der Waals surface area contributed by atoms with Crippen molar-refractivity contribution in [1.82, 2.24) is 0 Å². The lowest BCUT2D eigenvalue weighted by Crippen LogP contribution is -2.29. The third-order valence-electron chi connectivity index (χ3n) is 2.37. The number of hydrogen-bond donors (Lipinski definition) is 1. The molecule has 1 atom stereocenters. The summed E-state index contributed by atoms with van der Waals surface area (Å²) in [7, 11) is 1.72. The highest BCUT2D eigenvalue weighted by molar-refractivity contribution is 5.22. The first-order valence-corrected chi connectivity index (χ1v) is 4.93. The van der Waals surface area contributed by atoms with Crippen LogP contribution in [0.2, 0.25) is 0 Å². The van der Waals surface area contributed by atoms with Gasteiger partial charge in [0.2, 0.25) is 12.4 Å². The fourth-order valence-corrected chi connectivity index (χ4v) is 1.63. The monoisotopic (exact) mass is 196 g/mol. The maximum atomic E-state index is 9.20. The minimum atomic E-state index is 0.140. The molecular weight excluding hydrogens is 178 g/mol. The van der Waals surface area contributed by atoms with Gasteiger partial charge in [0.1, 0.15) is 0 Å². The van der Waals surface area contributed by atoms with Gasteiger partial charge in [0.25, 0.3) is 0 Å². The Kier molecular flexibility index (Phi) is 3.89. The molecule has 3 nitrogen and oxygen atoms in total. The van der Waals surface area contributed by atoms with E-state index in [1.807, 2.05) is 13.0 Å². The predicted molar refractivity (Wildman–Crippen MR) is 53.2 cm³/mol. The van der Waals surface area contributed by atoms with Crippen LogP contribution in [0.3, 0.4) is 0 Å². The summed E-state index contributed by atoms with van der Waals surface area (Å²) in [5.74, 6) is 0. The minimum absolute atomic E-state index is 0.140. The van der Waals surface area contributed by atoms with E-state index in [1.165, 1.54) is 0 Å². The summed E-state index contributed by atoms with van der Waals surface area (Å²) in [5, 5.41) is 9.20. The van der Waals surface area contributed by atoms with Crippen LogP contribution >= 0.6 is 0 Å². The smallest absolute Gasteiger partial charge is 0.225 e. The second kappa shape index (κ2) is 4.96. The summed E-state index contributed by atoms with van der Waals surface area (Å²) in [6.45, 7) is 4.11. The predicted octanol–water partition coefficient (Wildman–Crippen LogP) is 2.01. The normalized spacial score (nSPS) is 12.8. The number of pyridine rings is 1. The van der Waals surface area contributed by atoms with Gasteiger partial charge in [-0.3, -0.25) is 5.21 Å². The van der Waals surface area contributed by atoms with Gasteiger partial charge in [-0.1, -0.05) is 13.3 Å². The molecular formula is C11H18NO2+. The summed E-state index contributed by atoms with van der Waals surface area (Å²) in [6, 6.07) is 1.90. The first-order valence-electron chi connectivity index (χ1n) is 4.93. The Hall–Kier alpha value is -1.09. The number of hydrogen-bond acceptors (Lipinski definition) is 2. The number of aryl methyl sites for hydroxylation is 1. The topological polar surface area (TPSA) is 33.3 Å². The van der Waals surface area contributed by atoms with Crippen LogP contribution in [0.5, 0.6) is 0 Å². The molecule has 0 aliphatic carbocycles. The van der Waals surface area contributed by atoms with Crippen LogP contribution in [-0.2, 0) is 4.74 Å². The average molecular weight is 196 g/mol. The van der Waals surface area contributed by atoms with Crippen LogP contribution in [0.25, 0.3) is 0 Å². The highest BCUT2D eigenvalue weighted by Gasteiger charge is 2.14. The third-order valence-corrected chi connectivity index (χ3v) is 2.37. The molecule has 0 fully saturated rings. The van der Waals surface area contributed by atoms with Gasteiger partial charge < -0.3 is 4.74 Å². The Morgan fingerprint density at radius 2 is 2.29 bits per heavy atom. The first kappa shape index (κ1) is 11.0. The van der Waals surface area contributed by atoms with Crippen molar-refractivity contribution in [3.63, 3.8) is 0 Å². The van der Waals surface area contributed by atoms with Crippen molar-refractivity contribution in [2.24, 2.45) is 0 Å². The lowest BCUT2D eigenvalue weighted by Gasteiger charge is -2.15. The molecule has 1 heterocycles. The quantitative estimate of drug-likeness (QED) is 0.590. The maximum Gasteiger partial charge on any atom is 0.225 e. The van der Waals surface area contributed by atoms with Crippen LogP contribution < -0.4 is 4.73 Å². The molecule has 0 amide bonds. The molecule has 78 valence electrons. The zero-order chi connectivity index (χ0) is 10.6. The zero-order valence-electron chi connectivity index (χ0n) is 9.03. The van der Waals surface area contributed by atoms with Crippen molar-refractivity contribution in [3.8, 4) is 0 Å². The maximum absolute atomic E-state index is 9.20. The average Bonchev–Trinajstić information content (AvgIpc) is 2.15. The molecule has 0 saturated carbocycles. The lowest BCUT2D eigenvalue weighted by atomic mass is 10.0. The summed E-state index contributed by atoms with van der Waals surface area (Å²) >= 11 is 0. The molecule has 0 aliphatic rings. The van der Waals surface area contributed by atoms with Gasteiger partial charge in [-0.25, -0.2) is 0 Å². The largest absolute Gasteiger partial charge is 0.377 e. The molecule has 0 aromatic carbocycles. The third kappa shape index (κ3) is 2.45. The number of rotatable bonds is 4. The van der Waals surface area contributed by atoms with E-state index in [1.54, 1.807) is 19.5 Å². The van der Waals surface area contributed by atoms with Gasteiger partial charge in [-0.05, 0) is 18.9 Å². The Bertz CT molecular complexity index is 299. The van der Waals surface area contributed by atoms with Crippen molar-refractivity contribution in [3.05, 3.63) is 29.6 Å². The standard InChI is InChI=1S/C11H18NO2/c1-4-5-11(14-3)10-6-7-12(13)8-9(10)2/h6-8,11,13H,4-5H2,1-3H3/q+1. The molecule has 0 bridgehead atoms. The van der Waals surface area contributed by atoms with Gasteiger partial charge in [-0.2, -0.15) is 0 Å². The van der Waals surface area contributed by atoms with Crippen molar-refractivity contribution in [2.75, 3.05) is 7.11 Å². The van der Waals surface area contributed by atoms with Crippen LogP contribution in [0.4, 0.5) is 0 Å². The van der Waals surface area contributed by atoms with Crippen LogP contribution in [-0.4, -0.2) is 12.3 Å². The van der Waals surface area contributed by atoms with Crippen molar-refractivity contribution >= 4 is 0 Å². The van der Waals surface area contributed by atoms with E-state index in [0.717, 1.165) is 28.7 Å². The number of nitrogens with zero attached hydrogens (tertiary/aromatic N) is 1. The van der Waals surface area contributed by atoms with Crippen molar-refractivity contribution in [1.29, 1.82) is 0 Å². The van der Waals surface area contributed by atoms with Crippen LogP contribution in [0.15, 0.2) is 18.5 Å². The molecule has 1 aromatic heterocycles. The van der Waals surface area contributed by atoms with Gasteiger partial charge in [0.05, 0.1) is 6.10 Å². The number of ether oxygens (including phenoxy) is 1. The minimum Gasteiger partial charge on any atom is -0.377 e. The summed E-state index contributed by atoms with van der Waals surface area (Å²) < 4.78 is 6.47. The summed E-state index contributed by atoms with van der Waals surface area (Å²) in [6.07, 6.45) is 5.56. The highest BCUT2D eigenvalue weighted by atomic mass is 16.5. The lowest BCUT2D eigenvalue weighted by molar-refractivity contribution is -0.905. The molecule has 1 rings (SSSR count). The van der Waals surface area contributed by atoms with Gasteiger partial charge in [0, 0.05) is 23.5 Å². The highest BCUT2D eigenvalue weighted by Crippen LogP contribution is 2.23. The zero-order valence-corrected chi connectivity index (χ0v) is 9.03. The first-order chi connectivity index (χ1) is 6.69. The van der Waals surface area contributed by atoms with E-state index >= 15 is 0 Å². The summed E-state index contributed by atoms with van der Waals surface area (Å²) in [5.41, 5.74) is 2.20. The Morgan fingerprint density at radius 1 is 1.57 bits per heavy atom. The molecule has 0 spiro atoms. The molecule has 14 heavy (non-hydrogen) atoms. The van der Waals surface area contributed by atoms with E-state index in [4.69, 9.17) is 4.74 Å². The molecule has 1 N–H and O–H groups in total. The van der Waals surface area contributed by atoms with E-state index in [0.29, 0.717) is 0 Å². The van der Waals surface area contributed by atoms with Crippen molar-refractivity contribution < 1.29 is 14.7 Å². The van der Waals surface area contributed by atoms with Crippen molar-refractivity contribution in [2.45, 2.75) is 32.8 Å². The fraction of sp³-hybridized carbons (Fsp3) is 0.545. The SMILES string of the molecule is CCCC(OC)c1cc[n+](O)cc1C. The molecule has 0 aliphatic heterocycles. The van der Waals surface area contributed by atoms with E-state index in [-0.39, 0.29) is 6.10 Å². The molecule has 1 unspecified atom stereocenters. The van der Waals surface area contributed by atoms with E-state index in [2.05, 4.69) is 6.92 Å². The second-order valence-corrected chi connectivity index (χ2v) is 3.48. The fourth-order valence-electron chi connectivity index (χ4n) is 1.63. The Balaban J connectivity index is 2.92.